The minimum atomic E-state index is -0.330. The molecule has 1 amide bonds. The molecule has 1 N–H and O–H groups in total. The summed E-state index contributed by atoms with van der Waals surface area (Å²) in [4.78, 5) is 17.2. The molecule has 4 rings (SSSR count). The molecule has 7 heteroatoms. The molecular formula is C24H28FN3O3. The lowest BCUT2D eigenvalue weighted by Crippen LogP contribution is -2.46. The van der Waals surface area contributed by atoms with Crippen molar-refractivity contribution in [2.24, 2.45) is 0 Å². The second kappa shape index (κ2) is 9.39. The highest BCUT2D eigenvalue weighted by Gasteiger charge is 2.21. The number of hydrogen-bond acceptors (Lipinski definition) is 5. The van der Waals surface area contributed by atoms with Gasteiger partial charge in [0.2, 0.25) is 12.7 Å². The van der Waals surface area contributed by atoms with Gasteiger partial charge in [-0.3, -0.25) is 4.79 Å². The third-order valence-corrected chi connectivity index (χ3v) is 5.80. The molecule has 2 aromatic carbocycles. The molecule has 2 heterocycles. The molecule has 164 valence electrons. The highest BCUT2D eigenvalue weighted by Crippen LogP contribution is 2.33. The standard InChI is InChI=1S/C24H28FN3O3/c1-3-27-10-12-28(13-11-27)21-7-6-19(25)15-20(21)17(2)26-24(29)9-5-18-4-8-22-23(14-18)31-16-30-22/h4-9,14-15,17H,3,10-13,16H2,1-2H3,(H,26,29)/b9-5+. The van der Waals surface area contributed by atoms with Gasteiger partial charge in [0, 0.05) is 43.5 Å². The van der Waals surface area contributed by atoms with Gasteiger partial charge in [0.1, 0.15) is 5.82 Å². The molecule has 1 fully saturated rings. The summed E-state index contributed by atoms with van der Waals surface area (Å²) in [6.45, 7) is 9.02. The van der Waals surface area contributed by atoms with Crippen LogP contribution in [0.1, 0.15) is 31.0 Å². The number of carbonyl (C=O) groups is 1. The SMILES string of the molecule is CCN1CCN(c2ccc(F)cc2C(C)NC(=O)/C=C/c2ccc3c(c2)OCO3)CC1. The van der Waals surface area contributed by atoms with Crippen LogP contribution in [0.25, 0.3) is 6.08 Å². The summed E-state index contributed by atoms with van der Waals surface area (Å²) in [6, 6.07) is 10.0. The predicted octanol–water partition coefficient (Wildman–Crippen LogP) is 3.59. The van der Waals surface area contributed by atoms with Crippen LogP contribution in [0.4, 0.5) is 10.1 Å². The molecule has 31 heavy (non-hydrogen) atoms. The van der Waals surface area contributed by atoms with Gasteiger partial charge < -0.3 is 24.6 Å². The Morgan fingerprint density at radius 1 is 1.13 bits per heavy atom. The van der Waals surface area contributed by atoms with Crippen LogP contribution in [-0.2, 0) is 4.79 Å². The minimum absolute atomic E-state index is 0.212. The van der Waals surface area contributed by atoms with Crippen molar-refractivity contribution in [2.45, 2.75) is 19.9 Å². The fourth-order valence-electron chi connectivity index (χ4n) is 3.99. The third-order valence-electron chi connectivity index (χ3n) is 5.80. The number of halogens is 1. The van der Waals surface area contributed by atoms with Crippen LogP contribution in [0.2, 0.25) is 0 Å². The largest absolute Gasteiger partial charge is 0.454 e. The number of piperazine rings is 1. The summed E-state index contributed by atoms with van der Waals surface area (Å²) >= 11 is 0. The number of carbonyl (C=O) groups excluding carboxylic acids is 1. The maximum atomic E-state index is 14.0. The van der Waals surface area contributed by atoms with Crippen LogP contribution in [-0.4, -0.2) is 50.3 Å². The van der Waals surface area contributed by atoms with Gasteiger partial charge in [-0.15, -0.1) is 0 Å². The normalized spacial score (nSPS) is 17.2. The Kier molecular flexibility index (Phi) is 6.42. The number of benzene rings is 2. The van der Waals surface area contributed by atoms with E-state index < -0.39 is 0 Å². The van der Waals surface area contributed by atoms with E-state index in [1.807, 2.05) is 31.2 Å². The molecule has 0 radical (unpaired) electrons. The highest BCUT2D eigenvalue weighted by atomic mass is 19.1. The molecule has 1 unspecified atom stereocenters. The van der Waals surface area contributed by atoms with Gasteiger partial charge in [-0.25, -0.2) is 4.39 Å². The van der Waals surface area contributed by atoms with Gasteiger partial charge in [-0.1, -0.05) is 13.0 Å². The van der Waals surface area contributed by atoms with E-state index in [-0.39, 0.29) is 24.6 Å². The smallest absolute Gasteiger partial charge is 0.244 e. The fourth-order valence-corrected chi connectivity index (χ4v) is 3.99. The van der Waals surface area contributed by atoms with Gasteiger partial charge in [0.25, 0.3) is 0 Å². The van der Waals surface area contributed by atoms with E-state index >= 15 is 0 Å². The van der Waals surface area contributed by atoms with Gasteiger partial charge in [0.15, 0.2) is 11.5 Å². The van der Waals surface area contributed by atoms with Crippen molar-refractivity contribution in [2.75, 3.05) is 44.4 Å². The van der Waals surface area contributed by atoms with Crippen LogP contribution in [0, 0.1) is 5.82 Å². The summed E-state index contributed by atoms with van der Waals surface area (Å²) in [5.74, 6) is 0.830. The van der Waals surface area contributed by atoms with Crippen LogP contribution in [0.3, 0.4) is 0 Å². The quantitative estimate of drug-likeness (QED) is 0.717. The van der Waals surface area contributed by atoms with Gasteiger partial charge >= 0.3 is 0 Å². The lowest BCUT2D eigenvalue weighted by Gasteiger charge is -2.37. The number of rotatable bonds is 6. The van der Waals surface area contributed by atoms with E-state index in [2.05, 4.69) is 22.0 Å². The van der Waals surface area contributed by atoms with Crippen LogP contribution in [0.5, 0.6) is 11.5 Å². The first-order valence-electron chi connectivity index (χ1n) is 10.7. The summed E-state index contributed by atoms with van der Waals surface area (Å²) in [5.41, 5.74) is 2.60. The van der Waals surface area contributed by atoms with Crippen molar-refractivity contribution in [1.82, 2.24) is 10.2 Å². The van der Waals surface area contributed by atoms with Crippen LogP contribution < -0.4 is 19.7 Å². The Hall–Kier alpha value is -3.06. The number of nitrogens with one attached hydrogen (secondary N) is 1. The Labute approximate surface area is 182 Å². The molecule has 0 bridgehead atoms. The number of hydrogen-bond donors (Lipinski definition) is 1. The van der Waals surface area contributed by atoms with Crippen molar-refractivity contribution in [3.05, 3.63) is 59.4 Å². The first-order valence-corrected chi connectivity index (χ1v) is 10.7. The molecular weight excluding hydrogens is 397 g/mol. The zero-order valence-corrected chi connectivity index (χ0v) is 17.9. The first kappa shape index (κ1) is 21.2. The summed E-state index contributed by atoms with van der Waals surface area (Å²) in [7, 11) is 0. The molecule has 2 aliphatic rings. The molecule has 0 aliphatic carbocycles. The zero-order valence-electron chi connectivity index (χ0n) is 17.9. The lowest BCUT2D eigenvalue weighted by atomic mass is 10.0. The summed E-state index contributed by atoms with van der Waals surface area (Å²) < 4.78 is 24.7. The number of fused-ring (bicyclic) bond motifs is 1. The monoisotopic (exact) mass is 425 g/mol. The van der Waals surface area contributed by atoms with Gasteiger partial charge in [-0.05, 0) is 55.4 Å². The molecule has 1 saturated heterocycles. The molecule has 0 aromatic heterocycles. The molecule has 1 atom stereocenters. The van der Waals surface area contributed by atoms with E-state index in [1.165, 1.54) is 18.2 Å². The lowest BCUT2D eigenvalue weighted by molar-refractivity contribution is -0.117. The van der Waals surface area contributed by atoms with Gasteiger partial charge in [-0.2, -0.15) is 0 Å². The summed E-state index contributed by atoms with van der Waals surface area (Å²) in [5, 5.41) is 2.96. The fraction of sp³-hybridized carbons (Fsp3) is 0.375. The van der Waals surface area contributed by atoms with E-state index in [0.29, 0.717) is 11.5 Å². The van der Waals surface area contributed by atoms with Crippen molar-refractivity contribution >= 4 is 17.7 Å². The Bertz CT molecular complexity index is 971. The van der Waals surface area contributed by atoms with Crippen molar-refractivity contribution in [1.29, 1.82) is 0 Å². The van der Waals surface area contributed by atoms with E-state index in [4.69, 9.17) is 9.47 Å². The average molecular weight is 426 g/mol. The third kappa shape index (κ3) is 4.99. The van der Waals surface area contributed by atoms with E-state index in [1.54, 1.807) is 6.08 Å². The summed E-state index contributed by atoms with van der Waals surface area (Å²) in [6.07, 6.45) is 3.20. The second-order valence-electron chi connectivity index (χ2n) is 7.80. The number of nitrogens with zero attached hydrogens (tertiary/aromatic N) is 2. The predicted molar refractivity (Wildman–Crippen MR) is 119 cm³/mol. The molecule has 0 spiro atoms. The number of likely N-dealkylation sites (N-methyl/N-ethyl adjacent to an activating group) is 1. The number of amides is 1. The van der Waals surface area contributed by atoms with Crippen molar-refractivity contribution < 1.29 is 18.7 Å². The molecule has 0 saturated carbocycles. The van der Waals surface area contributed by atoms with E-state index in [9.17, 15) is 9.18 Å². The van der Waals surface area contributed by atoms with Gasteiger partial charge in [0.05, 0.1) is 6.04 Å². The maximum absolute atomic E-state index is 14.0. The highest BCUT2D eigenvalue weighted by molar-refractivity contribution is 5.92. The van der Waals surface area contributed by atoms with Crippen LogP contribution >= 0.6 is 0 Å². The zero-order chi connectivity index (χ0) is 21.8. The minimum Gasteiger partial charge on any atom is -0.454 e. The van der Waals surface area contributed by atoms with Crippen molar-refractivity contribution in [3.8, 4) is 11.5 Å². The van der Waals surface area contributed by atoms with E-state index in [0.717, 1.165) is 49.5 Å². The molecule has 2 aromatic rings. The first-order chi connectivity index (χ1) is 15.0. The number of ether oxygens (including phenoxy) is 2. The Morgan fingerprint density at radius 3 is 2.68 bits per heavy atom. The van der Waals surface area contributed by atoms with Crippen molar-refractivity contribution in [3.63, 3.8) is 0 Å². The Balaban J connectivity index is 1.43. The van der Waals surface area contributed by atoms with Crippen LogP contribution in [0.15, 0.2) is 42.5 Å². The molecule has 2 aliphatic heterocycles. The second-order valence-corrected chi connectivity index (χ2v) is 7.80. The Morgan fingerprint density at radius 2 is 1.90 bits per heavy atom. The average Bonchev–Trinajstić information content (AvgIpc) is 3.25. The maximum Gasteiger partial charge on any atom is 0.244 e. The number of anilines is 1. The topological polar surface area (TPSA) is 54.0 Å². The molecule has 6 nitrogen and oxygen atoms in total.